The molecule has 1 saturated carbocycles. The van der Waals surface area contributed by atoms with Gasteiger partial charge in [0.05, 0.1) is 16.3 Å². The van der Waals surface area contributed by atoms with Crippen molar-refractivity contribution in [1.82, 2.24) is 4.90 Å². The third-order valence-electron chi connectivity index (χ3n) is 6.03. The molecule has 1 amide bonds. The van der Waals surface area contributed by atoms with Crippen LogP contribution in [0.5, 0.6) is 5.75 Å². The van der Waals surface area contributed by atoms with Gasteiger partial charge in [-0.25, -0.2) is 0 Å². The lowest BCUT2D eigenvalue weighted by Crippen LogP contribution is -2.33. The Balaban J connectivity index is 1.58. The molecule has 4 nitrogen and oxygen atoms in total. The molecular weight excluding hydrogens is 512 g/mol. The number of nitrogens with one attached hydrogen (secondary N) is 1. The van der Waals surface area contributed by atoms with Gasteiger partial charge in [0.25, 0.3) is 5.91 Å². The average Bonchev–Trinajstić information content (AvgIpc) is 3.66. The minimum atomic E-state index is -4.78. The van der Waals surface area contributed by atoms with Gasteiger partial charge < -0.3 is 15.0 Å². The van der Waals surface area contributed by atoms with E-state index in [-0.39, 0.29) is 18.2 Å². The van der Waals surface area contributed by atoms with Crippen LogP contribution in [-0.2, 0) is 13.0 Å². The molecular formula is C27H25Cl2F3N2O2. The molecule has 0 saturated heterocycles. The lowest BCUT2D eigenvalue weighted by atomic mass is 10.1. The third kappa shape index (κ3) is 6.86. The van der Waals surface area contributed by atoms with E-state index in [4.69, 9.17) is 23.2 Å². The summed E-state index contributed by atoms with van der Waals surface area (Å²) < 4.78 is 42.0. The lowest BCUT2D eigenvalue weighted by Gasteiger charge is -2.25. The molecule has 190 valence electrons. The van der Waals surface area contributed by atoms with Crippen LogP contribution in [0.2, 0.25) is 10.0 Å². The minimum Gasteiger partial charge on any atom is -0.406 e. The van der Waals surface area contributed by atoms with Gasteiger partial charge in [-0.2, -0.15) is 0 Å². The first-order chi connectivity index (χ1) is 17.1. The highest BCUT2D eigenvalue weighted by molar-refractivity contribution is 6.37. The number of carbonyl (C=O) groups excluding carboxylic acids is 1. The number of amides is 1. The summed E-state index contributed by atoms with van der Waals surface area (Å²) in [7, 11) is 1.67. The lowest BCUT2D eigenvalue weighted by molar-refractivity contribution is -0.274. The zero-order chi connectivity index (χ0) is 25.9. The van der Waals surface area contributed by atoms with Gasteiger partial charge in [-0.3, -0.25) is 4.79 Å². The van der Waals surface area contributed by atoms with Crippen LogP contribution < -0.4 is 10.1 Å². The van der Waals surface area contributed by atoms with Gasteiger partial charge in [-0.1, -0.05) is 59.6 Å². The van der Waals surface area contributed by atoms with Crippen LogP contribution in [0.15, 0.2) is 60.7 Å². The number of nitrogens with zero attached hydrogens (tertiary/aromatic N) is 1. The van der Waals surface area contributed by atoms with E-state index in [0.29, 0.717) is 45.7 Å². The van der Waals surface area contributed by atoms with Gasteiger partial charge in [0.15, 0.2) is 0 Å². The molecule has 0 unspecified atom stereocenters. The molecule has 0 aromatic heterocycles. The largest absolute Gasteiger partial charge is 0.573 e. The second kappa shape index (κ2) is 11.0. The Morgan fingerprint density at radius 3 is 2.42 bits per heavy atom. The van der Waals surface area contributed by atoms with Gasteiger partial charge in [-0.05, 0) is 66.1 Å². The normalized spacial score (nSPS) is 13.4. The summed E-state index contributed by atoms with van der Waals surface area (Å²) in [5.41, 5.74) is 3.62. The first-order valence-corrected chi connectivity index (χ1v) is 12.3. The number of benzene rings is 3. The topological polar surface area (TPSA) is 41.6 Å². The highest BCUT2D eigenvalue weighted by atomic mass is 35.5. The summed E-state index contributed by atoms with van der Waals surface area (Å²) in [5, 5.41) is 3.60. The molecule has 0 radical (unpaired) electrons. The van der Waals surface area contributed by atoms with Gasteiger partial charge in [0, 0.05) is 25.2 Å². The van der Waals surface area contributed by atoms with E-state index >= 15 is 0 Å². The number of carbonyl (C=O) groups is 1. The Bertz CT molecular complexity index is 1230. The molecule has 0 spiro atoms. The second-order valence-electron chi connectivity index (χ2n) is 8.75. The first kappa shape index (κ1) is 26.2. The maximum atomic E-state index is 13.7. The van der Waals surface area contributed by atoms with Gasteiger partial charge >= 0.3 is 6.36 Å². The summed E-state index contributed by atoms with van der Waals surface area (Å²) in [6, 6.07) is 17.1. The van der Waals surface area contributed by atoms with Crippen LogP contribution >= 0.6 is 23.2 Å². The Hall–Kier alpha value is -2.90. The molecule has 0 aliphatic heterocycles. The molecule has 1 aliphatic rings. The van der Waals surface area contributed by atoms with Crippen molar-refractivity contribution in [2.75, 3.05) is 18.9 Å². The van der Waals surface area contributed by atoms with Crippen LogP contribution in [0.1, 0.15) is 45.8 Å². The second-order valence-corrected chi connectivity index (χ2v) is 9.59. The smallest absolute Gasteiger partial charge is 0.406 e. The third-order valence-corrected chi connectivity index (χ3v) is 6.54. The van der Waals surface area contributed by atoms with Crippen molar-refractivity contribution in [3.63, 3.8) is 0 Å². The fourth-order valence-corrected chi connectivity index (χ4v) is 4.70. The van der Waals surface area contributed by atoms with Crippen molar-refractivity contribution in [2.45, 2.75) is 38.1 Å². The quantitative estimate of drug-likeness (QED) is 0.304. The molecule has 4 rings (SSSR count). The molecule has 0 atom stereocenters. The molecule has 9 heteroatoms. The number of anilines is 1. The fourth-order valence-electron chi connectivity index (χ4n) is 4.11. The summed E-state index contributed by atoms with van der Waals surface area (Å²) in [4.78, 5) is 15.3. The van der Waals surface area contributed by atoms with E-state index in [2.05, 4.69) is 22.2 Å². The molecule has 3 aromatic rings. The van der Waals surface area contributed by atoms with Gasteiger partial charge in [0.1, 0.15) is 5.75 Å². The molecule has 3 aromatic carbocycles. The zero-order valence-electron chi connectivity index (χ0n) is 19.5. The van der Waals surface area contributed by atoms with Crippen LogP contribution in [0.25, 0.3) is 0 Å². The van der Waals surface area contributed by atoms with Crippen LogP contribution in [-0.4, -0.2) is 30.8 Å². The van der Waals surface area contributed by atoms with Crippen molar-refractivity contribution in [3.05, 3.63) is 93.0 Å². The van der Waals surface area contributed by atoms with E-state index in [1.165, 1.54) is 36.6 Å². The van der Waals surface area contributed by atoms with Crippen molar-refractivity contribution < 1.29 is 22.7 Å². The Labute approximate surface area is 218 Å². The predicted octanol–water partition coefficient (Wildman–Crippen LogP) is 7.70. The first-order valence-electron chi connectivity index (χ1n) is 11.5. The van der Waals surface area contributed by atoms with E-state index in [1.807, 2.05) is 12.1 Å². The van der Waals surface area contributed by atoms with Crippen LogP contribution in [0, 0.1) is 0 Å². The van der Waals surface area contributed by atoms with E-state index in [0.717, 1.165) is 5.56 Å². The highest BCUT2D eigenvalue weighted by Crippen LogP contribution is 2.40. The maximum Gasteiger partial charge on any atom is 0.573 e. The molecule has 36 heavy (non-hydrogen) atoms. The summed E-state index contributed by atoms with van der Waals surface area (Å²) in [6.45, 7) is 0.571. The van der Waals surface area contributed by atoms with Crippen molar-refractivity contribution in [2.24, 2.45) is 0 Å². The number of alkyl halides is 3. The van der Waals surface area contributed by atoms with Crippen LogP contribution in [0.4, 0.5) is 18.9 Å². The van der Waals surface area contributed by atoms with Gasteiger partial charge in [0.2, 0.25) is 0 Å². The predicted molar refractivity (Wildman–Crippen MR) is 136 cm³/mol. The van der Waals surface area contributed by atoms with E-state index < -0.39 is 6.36 Å². The highest BCUT2D eigenvalue weighted by Gasteiger charge is 2.31. The van der Waals surface area contributed by atoms with Crippen molar-refractivity contribution in [3.8, 4) is 5.75 Å². The summed E-state index contributed by atoms with van der Waals surface area (Å²) in [6.07, 6.45) is -2.06. The molecule has 0 bridgehead atoms. The Kier molecular flexibility index (Phi) is 8.00. The summed E-state index contributed by atoms with van der Waals surface area (Å²) in [5.74, 6) is 0.0279. The Morgan fingerprint density at radius 2 is 1.78 bits per heavy atom. The maximum absolute atomic E-state index is 13.7. The molecule has 1 N–H and O–H groups in total. The standard InChI is InChI=1S/C27H25Cl2F3N2O2/c1-33-25-23(14-21(28)15-24(25)29)26(35)34(16-18-5-7-19(8-6-18)20-9-10-20)12-11-17-3-2-4-22(13-17)36-27(30,31)32/h2-8,13-15,20,33H,9-12,16H2,1H3. The molecule has 1 aliphatic carbocycles. The number of halogens is 5. The van der Waals surface area contributed by atoms with E-state index in [1.54, 1.807) is 30.1 Å². The SMILES string of the molecule is CNc1c(Cl)cc(Cl)cc1C(=O)N(CCc1cccc(OC(F)(F)F)c1)Cc1ccc(C2CC2)cc1. The van der Waals surface area contributed by atoms with Crippen molar-refractivity contribution >= 4 is 34.8 Å². The molecule has 0 heterocycles. The Morgan fingerprint density at radius 1 is 1.06 bits per heavy atom. The number of ether oxygens (including phenoxy) is 1. The zero-order valence-corrected chi connectivity index (χ0v) is 21.1. The fraction of sp³-hybridized carbons (Fsp3) is 0.296. The number of hydrogen-bond acceptors (Lipinski definition) is 3. The monoisotopic (exact) mass is 536 g/mol. The van der Waals surface area contributed by atoms with E-state index in [9.17, 15) is 18.0 Å². The minimum absolute atomic E-state index is 0.256. The number of rotatable bonds is 9. The summed E-state index contributed by atoms with van der Waals surface area (Å²) >= 11 is 12.5. The van der Waals surface area contributed by atoms with Crippen molar-refractivity contribution in [1.29, 1.82) is 0 Å². The van der Waals surface area contributed by atoms with Crippen LogP contribution in [0.3, 0.4) is 0 Å². The average molecular weight is 537 g/mol. The number of hydrogen-bond donors (Lipinski definition) is 1. The van der Waals surface area contributed by atoms with Gasteiger partial charge in [-0.15, -0.1) is 13.2 Å². The molecule has 1 fully saturated rings.